The van der Waals surface area contributed by atoms with Crippen molar-refractivity contribution in [1.29, 1.82) is 0 Å². The van der Waals surface area contributed by atoms with E-state index >= 15 is 0 Å². The Kier molecular flexibility index (Phi) is 7.74. The van der Waals surface area contributed by atoms with Crippen LogP contribution in [0.4, 0.5) is 0 Å². The molecule has 0 aromatic heterocycles. The van der Waals surface area contributed by atoms with Gasteiger partial charge in [0.15, 0.2) is 0 Å². The molecule has 118 valence electrons. The zero-order valence-corrected chi connectivity index (χ0v) is 12.4. The number of unbranched alkanes of at least 4 members (excludes halogenated alkanes) is 5. The molecule has 0 aliphatic carbocycles. The van der Waals surface area contributed by atoms with Crippen LogP contribution in [0.2, 0.25) is 0 Å². The Hall–Kier alpha value is -1.15. The van der Waals surface area contributed by atoms with E-state index in [1.165, 1.54) is 0 Å². The number of amides is 1. The van der Waals surface area contributed by atoms with Crippen LogP contribution in [0.1, 0.15) is 58.3 Å². The summed E-state index contributed by atoms with van der Waals surface area (Å²) in [5.74, 6) is -3.11. The average Bonchev–Trinajstić information content (AvgIpc) is 2.29. The Morgan fingerprint density at radius 2 is 1.65 bits per heavy atom. The maximum absolute atomic E-state index is 11.3. The fourth-order valence-corrected chi connectivity index (χ4v) is 3.00. The lowest BCUT2D eigenvalue weighted by atomic mass is 9.96. The normalized spacial score (nSPS) is 14.7. The molecule has 0 fully saturated rings. The first-order valence-corrected chi connectivity index (χ1v) is 8.08. The molecule has 20 heavy (non-hydrogen) atoms. The molecule has 0 aromatic carbocycles. The molecule has 3 N–H and O–H groups in total. The predicted molar refractivity (Wildman–Crippen MR) is 71.1 cm³/mol. The highest BCUT2D eigenvalue weighted by molar-refractivity contribution is 7.88. The number of carbonyl (C=O) groups is 2. The molecule has 1 amide bonds. The molecule has 0 heterocycles. The molecule has 0 saturated carbocycles. The number of nitrogens with two attached hydrogens (primary N) is 1. The number of hydrogen-bond donors (Lipinski definition) is 2. The lowest BCUT2D eigenvalue weighted by Gasteiger charge is -2.30. The highest BCUT2D eigenvalue weighted by Gasteiger charge is 2.45. The van der Waals surface area contributed by atoms with Crippen LogP contribution in [-0.4, -0.2) is 29.6 Å². The van der Waals surface area contributed by atoms with Crippen molar-refractivity contribution in [1.82, 2.24) is 0 Å². The van der Waals surface area contributed by atoms with Gasteiger partial charge in [0.2, 0.25) is 5.91 Å². The summed E-state index contributed by atoms with van der Waals surface area (Å²) in [5.41, 5.74) is 4.88. The number of aliphatic carboxylic acids is 1. The number of hydrogen-bond acceptors (Lipinski definition) is 5. The number of rotatable bonds is 11. The summed E-state index contributed by atoms with van der Waals surface area (Å²) >= 11 is 0. The van der Waals surface area contributed by atoms with Crippen LogP contribution < -0.4 is 10.8 Å². The number of primary amides is 1. The molecule has 0 radical (unpaired) electrons. The van der Waals surface area contributed by atoms with E-state index in [2.05, 4.69) is 0 Å². The highest BCUT2D eigenvalue weighted by atomic mass is 32.2. The third-order valence-corrected chi connectivity index (χ3v) is 4.76. The molecule has 0 aliphatic rings. The quantitative estimate of drug-likeness (QED) is 0.406. The maximum atomic E-state index is 11.3. The second kappa shape index (κ2) is 8.21. The van der Waals surface area contributed by atoms with Gasteiger partial charge in [0.1, 0.15) is 4.75 Å². The van der Waals surface area contributed by atoms with Crippen molar-refractivity contribution in [2.75, 3.05) is 0 Å². The van der Waals surface area contributed by atoms with Gasteiger partial charge in [-0.05, 0) is 6.42 Å². The molecule has 0 bridgehead atoms. The van der Waals surface area contributed by atoms with Crippen LogP contribution >= 0.6 is 0 Å². The number of carbonyl (C=O) groups excluding carboxylic acids is 2. The summed E-state index contributed by atoms with van der Waals surface area (Å²) in [4.78, 5) is 22.0. The molecular formula is C12H22NO6S-. The van der Waals surface area contributed by atoms with Gasteiger partial charge in [-0.15, -0.1) is 0 Å². The van der Waals surface area contributed by atoms with Crippen LogP contribution in [0.3, 0.4) is 0 Å². The van der Waals surface area contributed by atoms with Crippen molar-refractivity contribution < 1.29 is 27.7 Å². The Balaban J connectivity index is 4.78. The van der Waals surface area contributed by atoms with Gasteiger partial charge in [0.25, 0.3) is 10.1 Å². The summed E-state index contributed by atoms with van der Waals surface area (Å²) in [6.45, 7) is 2.05. The lowest BCUT2D eigenvalue weighted by molar-refractivity contribution is -0.309. The Labute approximate surface area is 119 Å². The minimum Gasteiger partial charge on any atom is -0.548 e. The Bertz CT molecular complexity index is 433. The summed E-state index contributed by atoms with van der Waals surface area (Å²) in [6.07, 6.45) is 3.40. The molecule has 7 nitrogen and oxygen atoms in total. The van der Waals surface area contributed by atoms with Gasteiger partial charge < -0.3 is 15.6 Å². The van der Waals surface area contributed by atoms with Crippen molar-refractivity contribution in [3.8, 4) is 0 Å². The second-order valence-corrected chi connectivity index (χ2v) is 6.65. The SMILES string of the molecule is CCCCCCCCC(CC(N)=O)(C(=O)[O-])S(=O)(=O)O. The number of carboxylic acids is 1. The van der Waals surface area contributed by atoms with Crippen molar-refractivity contribution in [2.24, 2.45) is 5.73 Å². The first-order chi connectivity index (χ1) is 9.17. The minimum atomic E-state index is -4.98. The summed E-state index contributed by atoms with van der Waals surface area (Å²) in [6, 6.07) is 0. The lowest BCUT2D eigenvalue weighted by Crippen LogP contribution is -2.55. The number of carboxylic acid groups (broad SMARTS) is 1. The first-order valence-electron chi connectivity index (χ1n) is 6.64. The molecule has 8 heteroatoms. The van der Waals surface area contributed by atoms with E-state index in [4.69, 9.17) is 10.3 Å². The van der Waals surface area contributed by atoms with Crippen molar-refractivity contribution >= 4 is 22.0 Å². The van der Waals surface area contributed by atoms with Gasteiger partial charge in [0, 0.05) is 0 Å². The largest absolute Gasteiger partial charge is 0.548 e. The van der Waals surface area contributed by atoms with Crippen molar-refractivity contribution in [3.63, 3.8) is 0 Å². The minimum absolute atomic E-state index is 0.255. The zero-order chi connectivity index (χ0) is 15.8. The van der Waals surface area contributed by atoms with Crippen LogP contribution in [0, 0.1) is 0 Å². The van der Waals surface area contributed by atoms with E-state index in [0.717, 1.165) is 25.7 Å². The van der Waals surface area contributed by atoms with Gasteiger partial charge in [-0.3, -0.25) is 9.35 Å². The fourth-order valence-electron chi connectivity index (χ4n) is 2.06. The summed E-state index contributed by atoms with van der Waals surface area (Å²) in [5, 5.41) is 11.1. The van der Waals surface area contributed by atoms with Crippen LogP contribution in [0.5, 0.6) is 0 Å². The summed E-state index contributed by atoms with van der Waals surface area (Å²) < 4.78 is 29.1. The van der Waals surface area contributed by atoms with Gasteiger partial charge in [-0.25, -0.2) is 0 Å². The third-order valence-electron chi connectivity index (χ3n) is 3.26. The molecule has 1 unspecified atom stereocenters. The molecule has 0 saturated heterocycles. The van der Waals surface area contributed by atoms with E-state index < -0.39 is 33.2 Å². The molecule has 0 aliphatic heterocycles. The standard InChI is InChI=1S/C12H23NO6S/c1-2-3-4-5-6-7-8-12(11(15)16,9-10(13)14)20(17,18)19/h2-9H2,1H3,(H2,13,14)(H,15,16)(H,17,18,19)/p-1. The van der Waals surface area contributed by atoms with Gasteiger partial charge >= 0.3 is 0 Å². The average molecular weight is 308 g/mol. The first kappa shape index (κ1) is 18.9. The monoisotopic (exact) mass is 308 g/mol. The molecule has 0 aromatic rings. The van der Waals surface area contributed by atoms with Gasteiger partial charge in [0.05, 0.1) is 12.4 Å². The molecule has 0 spiro atoms. The molecule has 0 rings (SSSR count). The van der Waals surface area contributed by atoms with E-state index in [0.29, 0.717) is 6.42 Å². The van der Waals surface area contributed by atoms with E-state index in [1.807, 2.05) is 6.92 Å². The maximum Gasteiger partial charge on any atom is 0.276 e. The highest BCUT2D eigenvalue weighted by Crippen LogP contribution is 2.28. The topological polar surface area (TPSA) is 138 Å². The van der Waals surface area contributed by atoms with Gasteiger partial charge in [-0.2, -0.15) is 8.42 Å². The Morgan fingerprint density at radius 3 is 2.05 bits per heavy atom. The smallest absolute Gasteiger partial charge is 0.276 e. The van der Waals surface area contributed by atoms with Crippen LogP contribution in [0.25, 0.3) is 0 Å². The van der Waals surface area contributed by atoms with Crippen molar-refractivity contribution in [3.05, 3.63) is 0 Å². The van der Waals surface area contributed by atoms with Crippen molar-refractivity contribution in [2.45, 2.75) is 63.0 Å². The fraction of sp³-hybridized carbons (Fsp3) is 0.833. The predicted octanol–water partition coefficient (Wildman–Crippen LogP) is -0.0111. The molecular weight excluding hydrogens is 286 g/mol. The van der Waals surface area contributed by atoms with Crippen LogP contribution in [-0.2, 0) is 19.7 Å². The Morgan fingerprint density at radius 1 is 1.15 bits per heavy atom. The van der Waals surface area contributed by atoms with E-state index in [9.17, 15) is 23.1 Å². The van der Waals surface area contributed by atoms with E-state index in [-0.39, 0.29) is 12.8 Å². The van der Waals surface area contributed by atoms with Crippen LogP contribution in [0.15, 0.2) is 0 Å². The summed E-state index contributed by atoms with van der Waals surface area (Å²) in [7, 11) is -4.98. The third kappa shape index (κ3) is 5.46. The molecule has 1 atom stereocenters. The van der Waals surface area contributed by atoms with E-state index in [1.54, 1.807) is 0 Å². The van der Waals surface area contributed by atoms with Gasteiger partial charge in [-0.1, -0.05) is 45.4 Å². The second-order valence-electron chi connectivity index (χ2n) is 4.92. The zero-order valence-electron chi connectivity index (χ0n) is 11.6.